The fourth-order valence-electron chi connectivity index (χ4n) is 1.68. The SMILES string of the molecule is OC(c1ccc(-c2ccccc2)cc1)C(F)(F)Br. The zero-order valence-corrected chi connectivity index (χ0v) is 10.9. The number of alkyl halides is 3. The molecule has 0 fully saturated rings. The molecular weight excluding hydrogens is 302 g/mol. The molecular formula is C14H11BrF2O. The second-order valence-electron chi connectivity index (χ2n) is 3.93. The lowest BCUT2D eigenvalue weighted by Crippen LogP contribution is -2.18. The molecule has 2 aromatic rings. The highest BCUT2D eigenvalue weighted by atomic mass is 79.9. The topological polar surface area (TPSA) is 20.2 Å². The molecule has 0 aliphatic rings. The minimum atomic E-state index is -3.32. The van der Waals surface area contributed by atoms with Crippen LogP contribution in [0, 0.1) is 0 Å². The first-order chi connectivity index (χ1) is 8.48. The van der Waals surface area contributed by atoms with Crippen molar-refractivity contribution in [1.82, 2.24) is 0 Å². The van der Waals surface area contributed by atoms with Crippen molar-refractivity contribution < 1.29 is 13.9 Å². The van der Waals surface area contributed by atoms with Crippen LogP contribution in [-0.2, 0) is 0 Å². The van der Waals surface area contributed by atoms with Gasteiger partial charge in [-0.2, -0.15) is 8.78 Å². The second kappa shape index (κ2) is 5.16. The molecule has 0 spiro atoms. The first-order valence-corrected chi connectivity index (χ1v) is 6.18. The molecule has 0 aromatic heterocycles. The number of halogens is 3. The Morgan fingerprint density at radius 2 is 1.39 bits per heavy atom. The lowest BCUT2D eigenvalue weighted by molar-refractivity contribution is -0.0294. The first-order valence-electron chi connectivity index (χ1n) is 5.38. The number of aliphatic hydroxyl groups is 1. The van der Waals surface area contributed by atoms with E-state index < -0.39 is 10.9 Å². The van der Waals surface area contributed by atoms with Crippen LogP contribution in [0.3, 0.4) is 0 Å². The normalized spacial score (nSPS) is 13.3. The molecule has 1 unspecified atom stereocenters. The molecule has 0 saturated heterocycles. The standard InChI is InChI=1S/C14H11BrF2O/c15-14(16,17)13(18)12-8-6-11(7-9-12)10-4-2-1-3-5-10/h1-9,13,18H. The van der Waals surface area contributed by atoms with E-state index in [1.165, 1.54) is 12.1 Å². The third kappa shape index (κ3) is 2.94. The fraction of sp³-hybridized carbons (Fsp3) is 0.143. The molecule has 94 valence electrons. The van der Waals surface area contributed by atoms with Crippen LogP contribution in [0.2, 0.25) is 0 Å². The van der Waals surface area contributed by atoms with Gasteiger partial charge in [-0.25, -0.2) is 0 Å². The summed E-state index contributed by atoms with van der Waals surface area (Å²) in [7, 11) is 0. The van der Waals surface area contributed by atoms with Crippen LogP contribution in [0.4, 0.5) is 8.78 Å². The summed E-state index contributed by atoms with van der Waals surface area (Å²) in [5.74, 6) is 0. The first kappa shape index (κ1) is 13.2. The summed E-state index contributed by atoms with van der Waals surface area (Å²) in [5.41, 5.74) is 2.10. The van der Waals surface area contributed by atoms with Gasteiger partial charge in [-0.15, -0.1) is 0 Å². The third-order valence-electron chi connectivity index (χ3n) is 2.64. The van der Waals surface area contributed by atoms with Crippen LogP contribution in [0.1, 0.15) is 11.7 Å². The fourth-order valence-corrected chi connectivity index (χ4v) is 1.94. The van der Waals surface area contributed by atoms with E-state index in [4.69, 9.17) is 0 Å². The molecule has 0 aliphatic heterocycles. The van der Waals surface area contributed by atoms with Crippen LogP contribution >= 0.6 is 15.9 Å². The molecule has 0 saturated carbocycles. The molecule has 4 heteroatoms. The third-order valence-corrected chi connectivity index (χ3v) is 3.08. The average Bonchev–Trinajstić information content (AvgIpc) is 2.38. The molecule has 0 aliphatic carbocycles. The van der Waals surface area contributed by atoms with E-state index in [1.54, 1.807) is 12.1 Å². The summed E-state index contributed by atoms with van der Waals surface area (Å²) in [6.45, 7) is 0. The highest BCUT2D eigenvalue weighted by molar-refractivity contribution is 9.10. The van der Waals surface area contributed by atoms with Crippen LogP contribution < -0.4 is 0 Å². The molecule has 2 aromatic carbocycles. The lowest BCUT2D eigenvalue weighted by atomic mass is 10.0. The number of hydrogen-bond donors (Lipinski definition) is 1. The summed E-state index contributed by atoms with van der Waals surface area (Å²) >= 11 is 2.16. The summed E-state index contributed by atoms with van der Waals surface area (Å²) in [6, 6.07) is 16.0. The molecule has 1 nitrogen and oxygen atoms in total. The molecule has 0 heterocycles. The van der Waals surface area contributed by atoms with E-state index >= 15 is 0 Å². The van der Waals surface area contributed by atoms with Gasteiger partial charge in [-0.3, -0.25) is 0 Å². The molecule has 18 heavy (non-hydrogen) atoms. The van der Waals surface area contributed by atoms with Crippen molar-refractivity contribution >= 4 is 15.9 Å². The molecule has 0 amide bonds. The van der Waals surface area contributed by atoms with Gasteiger partial charge in [-0.05, 0) is 32.6 Å². The Bertz CT molecular complexity index is 506. The quantitative estimate of drug-likeness (QED) is 0.834. The van der Waals surface area contributed by atoms with Gasteiger partial charge in [0.2, 0.25) is 0 Å². The van der Waals surface area contributed by atoms with Crippen molar-refractivity contribution in [2.75, 3.05) is 0 Å². The molecule has 1 N–H and O–H groups in total. The maximum absolute atomic E-state index is 12.9. The van der Waals surface area contributed by atoms with Gasteiger partial charge in [-0.1, -0.05) is 54.6 Å². The van der Waals surface area contributed by atoms with Gasteiger partial charge >= 0.3 is 4.83 Å². The van der Waals surface area contributed by atoms with E-state index in [-0.39, 0.29) is 5.56 Å². The Labute approximate surface area is 112 Å². The van der Waals surface area contributed by atoms with Gasteiger partial charge in [0.1, 0.15) is 0 Å². The maximum atomic E-state index is 12.9. The highest BCUT2D eigenvalue weighted by Gasteiger charge is 2.35. The predicted octanol–water partition coefficient (Wildman–Crippen LogP) is 4.37. The van der Waals surface area contributed by atoms with Crippen LogP contribution in [0.25, 0.3) is 11.1 Å². The van der Waals surface area contributed by atoms with E-state index in [0.717, 1.165) is 11.1 Å². The second-order valence-corrected chi connectivity index (χ2v) is 4.99. The largest absolute Gasteiger partial charge is 0.381 e. The monoisotopic (exact) mass is 312 g/mol. The lowest BCUT2D eigenvalue weighted by Gasteiger charge is -2.16. The van der Waals surface area contributed by atoms with Gasteiger partial charge < -0.3 is 5.11 Å². The minimum absolute atomic E-state index is 0.177. The summed E-state index contributed by atoms with van der Waals surface area (Å²) in [5, 5.41) is 9.42. The van der Waals surface area contributed by atoms with Crippen molar-refractivity contribution in [1.29, 1.82) is 0 Å². The zero-order valence-electron chi connectivity index (χ0n) is 9.35. The van der Waals surface area contributed by atoms with Gasteiger partial charge in [0, 0.05) is 0 Å². The summed E-state index contributed by atoms with van der Waals surface area (Å²) in [4.78, 5) is -3.32. The van der Waals surface area contributed by atoms with Crippen LogP contribution in [0.5, 0.6) is 0 Å². The number of aliphatic hydroxyl groups excluding tert-OH is 1. The summed E-state index contributed by atoms with van der Waals surface area (Å²) in [6.07, 6.45) is -1.85. The predicted molar refractivity (Wildman–Crippen MR) is 70.7 cm³/mol. The van der Waals surface area contributed by atoms with Crippen molar-refractivity contribution in [3.05, 3.63) is 60.2 Å². The Balaban J connectivity index is 2.26. The average molecular weight is 313 g/mol. The molecule has 2 rings (SSSR count). The van der Waals surface area contributed by atoms with Gasteiger partial charge in [0.15, 0.2) is 6.10 Å². The van der Waals surface area contributed by atoms with Crippen molar-refractivity contribution in [2.24, 2.45) is 0 Å². The Kier molecular flexibility index (Phi) is 3.78. The zero-order chi connectivity index (χ0) is 13.2. The van der Waals surface area contributed by atoms with Crippen molar-refractivity contribution in [3.8, 4) is 11.1 Å². The van der Waals surface area contributed by atoms with E-state index in [2.05, 4.69) is 15.9 Å². The number of hydrogen-bond acceptors (Lipinski definition) is 1. The van der Waals surface area contributed by atoms with Crippen molar-refractivity contribution in [2.45, 2.75) is 10.9 Å². The molecule has 1 atom stereocenters. The van der Waals surface area contributed by atoms with E-state index in [0.29, 0.717) is 0 Å². The van der Waals surface area contributed by atoms with E-state index in [1.807, 2.05) is 30.3 Å². The van der Waals surface area contributed by atoms with Crippen LogP contribution in [-0.4, -0.2) is 9.94 Å². The van der Waals surface area contributed by atoms with Gasteiger partial charge in [0.05, 0.1) is 0 Å². The minimum Gasteiger partial charge on any atom is -0.381 e. The Hall–Kier alpha value is -1.26. The van der Waals surface area contributed by atoms with Crippen molar-refractivity contribution in [3.63, 3.8) is 0 Å². The molecule has 0 bridgehead atoms. The molecule has 0 radical (unpaired) electrons. The maximum Gasteiger partial charge on any atom is 0.330 e. The Morgan fingerprint density at radius 3 is 1.89 bits per heavy atom. The van der Waals surface area contributed by atoms with Crippen LogP contribution in [0.15, 0.2) is 54.6 Å². The highest BCUT2D eigenvalue weighted by Crippen LogP contribution is 2.37. The van der Waals surface area contributed by atoms with Gasteiger partial charge in [0.25, 0.3) is 0 Å². The van der Waals surface area contributed by atoms with E-state index in [9.17, 15) is 13.9 Å². The number of rotatable bonds is 3. The smallest absolute Gasteiger partial charge is 0.330 e. The number of benzene rings is 2. The Morgan fingerprint density at radius 1 is 0.889 bits per heavy atom. The summed E-state index contributed by atoms with van der Waals surface area (Å²) < 4.78 is 25.8.